The highest BCUT2D eigenvalue weighted by Crippen LogP contribution is 2.45. The Morgan fingerprint density at radius 2 is 1.85 bits per heavy atom. The number of nitrogens with one attached hydrogen (secondary N) is 1. The minimum Gasteiger partial charge on any atom is -0.379 e. The number of hydrogen-bond donors (Lipinski definition) is 1. The third-order valence-electron chi connectivity index (χ3n) is 5.58. The number of rotatable bonds is 4. The molecule has 4 nitrogen and oxygen atoms in total. The van der Waals surface area contributed by atoms with E-state index in [2.05, 4.69) is 41.4 Å². The number of benzene rings is 1. The molecule has 4 rings (SSSR count). The highest BCUT2D eigenvalue weighted by molar-refractivity contribution is 7.16. The van der Waals surface area contributed by atoms with Gasteiger partial charge in [0.05, 0.1) is 19.3 Å². The number of anilines is 1. The fraction of sp³-hybridized carbons (Fsp3) is 0.500. The zero-order valence-corrected chi connectivity index (χ0v) is 17.0. The molecule has 1 aliphatic carbocycles. The Morgan fingerprint density at radius 1 is 1.15 bits per heavy atom. The Morgan fingerprint density at radius 3 is 2.56 bits per heavy atom. The molecule has 1 amide bonds. The van der Waals surface area contributed by atoms with Crippen molar-refractivity contribution < 1.29 is 9.53 Å². The highest BCUT2D eigenvalue weighted by atomic mass is 32.1. The van der Waals surface area contributed by atoms with Gasteiger partial charge in [0.2, 0.25) is 5.91 Å². The van der Waals surface area contributed by atoms with E-state index < -0.39 is 0 Å². The van der Waals surface area contributed by atoms with Gasteiger partial charge in [-0.25, -0.2) is 0 Å². The van der Waals surface area contributed by atoms with Crippen LogP contribution in [0.5, 0.6) is 0 Å². The van der Waals surface area contributed by atoms with E-state index in [1.54, 1.807) is 18.3 Å². The number of carbonyl (C=O) groups is 1. The van der Waals surface area contributed by atoms with Crippen LogP contribution in [0.1, 0.15) is 52.9 Å². The van der Waals surface area contributed by atoms with Gasteiger partial charge in [-0.15, -0.1) is 11.3 Å². The monoisotopic (exact) mass is 384 g/mol. The first kappa shape index (κ1) is 18.7. The summed E-state index contributed by atoms with van der Waals surface area (Å²) < 4.78 is 5.62. The summed E-state index contributed by atoms with van der Waals surface area (Å²) in [7, 11) is 0. The first-order valence-corrected chi connectivity index (χ1v) is 10.8. The van der Waals surface area contributed by atoms with E-state index in [0.29, 0.717) is 0 Å². The fourth-order valence-corrected chi connectivity index (χ4v) is 5.64. The zero-order valence-electron chi connectivity index (χ0n) is 16.2. The Kier molecular flexibility index (Phi) is 5.62. The molecule has 1 aromatic carbocycles. The van der Waals surface area contributed by atoms with E-state index in [-0.39, 0.29) is 11.9 Å². The largest absolute Gasteiger partial charge is 0.379 e. The summed E-state index contributed by atoms with van der Waals surface area (Å²) in [5.41, 5.74) is 5.39. The molecule has 1 atom stereocenters. The Hall–Kier alpha value is -1.69. The van der Waals surface area contributed by atoms with Gasteiger partial charge in [0.1, 0.15) is 5.00 Å². The van der Waals surface area contributed by atoms with Gasteiger partial charge in [0, 0.05) is 30.5 Å². The van der Waals surface area contributed by atoms with Crippen LogP contribution in [0.25, 0.3) is 0 Å². The van der Waals surface area contributed by atoms with Crippen LogP contribution in [0.3, 0.4) is 0 Å². The second kappa shape index (κ2) is 8.13. The van der Waals surface area contributed by atoms with Crippen molar-refractivity contribution in [3.63, 3.8) is 0 Å². The van der Waals surface area contributed by atoms with Crippen LogP contribution in [0.4, 0.5) is 5.00 Å². The average molecular weight is 385 g/mol. The lowest BCUT2D eigenvalue weighted by atomic mass is 9.88. The minimum absolute atomic E-state index is 0.0134. The van der Waals surface area contributed by atoms with Crippen LogP contribution in [0.2, 0.25) is 0 Å². The number of fused-ring (bicyclic) bond motifs is 1. The number of amides is 1. The number of morpholine rings is 1. The molecule has 5 heteroatoms. The molecular weight excluding hydrogens is 356 g/mol. The summed E-state index contributed by atoms with van der Waals surface area (Å²) in [5.74, 6) is 0.0134. The van der Waals surface area contributed by atoms with Crippen LogP contribution in [-0.2, 0) is 22.4 Å². The lowest BCUT2D eigenvalue weighted by Gasteiger charge is -2.36. The predicted molar refractivity (Wildman–Crippen MR) is 111 cm³/mol. The standard InChI is InChI=1S/C22H28N2O2S/c1-15-7-9-17(10-8-15)21(24-11-13-26-14-12-24)20-18-5-3-4-6-19(18)27-22(20)23-16(2)25/h7-10,21H,3-6,11-14H2,1-2H3,(H,23,25)/t21-/m1/s1. The van der Waals surface area contributed by atoms with E-state index in [4.69, 9.17) is 4.74 Å². The molecule has 2 heterocycles. The Bertz CT molecular complexity index is 806. The number of ether oxygens (including phenoxy) is 1. The Balaban J connectivity index is 1.84. The SMILES string of the molecule is CC(=O)Nc1sc2c(c1[C@@H](c1ccc(C)cc1)N1CCOCC1)CCCC2. The molecule has 0 spiro atoms. The lowest BCUT2D eigenvalue weighted by Crippen LogP contribution is -2.40. The maximum Gasteiger partial charge on any atom is 0.221 e. The quantitative estimate of drug-likeness (QED) is 0.854. The predicted octanol–water partition coefficient (Wildman–Crippen LogP) is 4.32. The third kappa shape index (κ3) is 3.96. The van der Waals surface area contributed by atoms with Crippen molar-refractivity contribution in [2.75, 3.05) is 31.6 Å². The lowest BCUT2D eigenvalue weighted by molar-refractivity contribution is -0.114. The van der Waals surface area contributed by atoms with Gasteiger partial charge < -0.3 is 10.1 Å². The van der Waals surface area contributed by atoms with Gasteiger partial charge in [-0.3, -0.25) is 9.69 Å². The van der Waals surface area contributed by atoms with E-state index in [9.17, 15) is 4.79 Å². The molecule has 27 heavy (non-hydrogen) atoms. The normalized spacial score (nSPS) is 18.7. The third-order valence-corrected chi connectivity index (χ3v) is 6.80. The molecule has 1 fully saturated rings. The summed E-state index contributed by atoms with van der Waals surface area (Å²) in [6, 6.07) is 9.06. The first-order chi connectivity index (χ1) is 13.1. The summed E-state index contributed by atoms with van der Waals surface area (Å²) in [5, 5.41) is 4.20. The molecule has 2 aromatic rings. The van der Waals surface area contributed by atoms with Gasteiger partial charge in [0.15, 0.2) is 0 Å². The van der Waals surface area contributed by atoms with Crippen molar-refractivity contribution in [2.24, 2.45) is 0 Å². The molecule has 0 saturated carbocycles. The van der Waals surface area contributed by atoms with Gasteiger partial charge >= 0.3 is 0 Å². The topological polar surface area (TPSA) is 41.6 Å². The van der Waals surface area contributed by atoms with Gasteiger partial charge in [-0.2, -0.15) is 0 Å². The zero-order chi connectivity index (χ0) is 18.8. The van der Waals surface area contributed by atoms with Gasteiger partial charge in [0.25, 0.3) is 0 Å². The fourth-order valence-electron chi connectivity index (χ4n) is 4.28. The van der Waals surface area contributed by atoms with E-state index in [1.165, 1.54) is 40.0 Å². The molecule has 1 N–H and O–H groups in total. The van der Waals surface area contributed by atoms with Crippen LogP contribution in [0, 0.1) is 6.92 Å². The number of aryl methyl sites for hydroxylation is 2. The molecule has 1 saturated heterocycles. The van der Waals surface area contributed by atoms with Crippen LogP contribution >= 0.6 is 11.3 Å². The number of nitrogens with zero attached hydrogens (tertiary/aromatic N) is 1. The van der Waals surface area contributed by atoms with E-state index in [1.807, 2.05) is 0 Å². The molecule has 0 bridgehead atoms. The maximum absolute atomic E-state index is 11.9. The van der Waals surface area contributed by atoms with Crippen molar-refractivity contribution >= 4 is 22.2 Å². The number of thiophene rings is 1. The summed E-state index contributed by atoms with van der Waals surface area (Å²) in [4.78, 5) is 15.9. The van der Waals surface area contributed by atoms with Crippen molar-refractivity contribution in [3.05, 3.63) is 51.4 Å². The second-order valence-corrected chi connectivity index (χ2v) is 8.70. The maximum atomic E-state index is 11.9. The summed E-state index contributed by atoms with van der Waals surface area (Å²) in [6.45, 7) is 7.11. The van der Waals surface area contributed by atoms with E-state index in [0.717, 1.165) is 44.1 Å². The number of carbonyl (C=O) groups excluding carboxylic acids is 1. The molecule has 1 aromatic heterocycles. The van der Waals surface area contributed by atoms with Crippen molar-refractivity contribution in [1.82, 2.24) is 4.90 Å². The van der Waals surface area contributed by atoms with Crippen LogP contribution < -0.4 is 5.32 Å². The Labute approximate surface area is 165 Å². The molecular formula is C22H28N2O2S. The minimum atomic E-state index is 0.0134. The second-order valence-electron chi connectivity index (χ2n) is 7.60. The average Bonchev–Trinajstić information content (AvgIpc) is 3.02. The van der Waals surface area contributed by atoms with Crippen molar-refractivity contribution in [2.45, 2.75) is 45.6 Å². The summed E-state index contributed by atoms with van der Waals surface area (Å²) in [6.07, 6.45) is 4.74. The van der Waals surface area contributed by atoms with Crippen LogP contribution in [-0.4, -0.2) is 37.1 Å². The number of hydrogen-bond acceptors (Lipinski definition) is 4. The van der Waals surface area contributed by atoms with E-state index >= 15 is 0 Å². The molecule has 144 valence electrons. The van der Waals surface area contributed by atoms with Crippen LogP contribution in [0.15, 0.2) is 24.3 Å². The smallest absolute Gasteiger partial charge is 0.221 e. The van der Waals surface area contributed by atoms with Crippen molar-refractivity contribution in [3.8, 4) is 0 Å². The van der Waals surface area contributed by atoms with Gasteiger partial charge in [-0.1, -0.05) is 29.8 Å². The molecule has 0 unspecified atom stereocenters. The summed E-state index contributed by atoms with van der Waals surface area (Å²) >= 11 is 1.79. The molecule has 2 aliphatic rings. The molecule has 0 radical (unpaired) electrons. The van der Waals surface area contributed by atoms with Crippen molar-refractivity contribution in [1.29, 1.82) is 0 Å². The first-order valence-electron chi connectivity index (χ1n) is 9.94. The highest BCUT2D eigenvalue weighted by Gasteiger charge is 2.32. The molecule has 1 aliphatic heterocycles. The van der Waals surface area contributed by atoms with Gasteiger partial charge in [-0.05, 0) is 43.7 Å².